The number of nitrogens with zero attached hydrogens (tertiary/aromatic N) is 1. The van der Waals surface area contributed by atoms with Gasteiger partial charge in [-0.05, 0) is 17.2 Å². The molecule has 0 aliphatic heterocycles. The molecule has 0 spiro atoms. The molecule has 1 amide bonds. The number of aromatic nitrogens is 1. The van der Waals surface area contributed by atoms with E-state index in [0.29, 0.717) is 18.1 Å². The Labute approximate surface area is 111 Å². The number of carbonyl (C=O) groups is 1. The third-order valence-corrected chi connectivity index (χ3v) is 2.71. The average Bonchev–Trinajstić information content (AvgIpc) is 2.40. The van der Waals surface area contributed by atoms with Crippen molar-refractivity contribution in [2.24, 2.45) is 0 Å². The van der Waals surface area contributed by atoms with Crippen LogP contribution in [-0.4, -0.2) is 10.9 Å². The molecule has 0 atom stereocenters. The molecule has 0 aliphatic rings. The van der Waals surface area contributed by atoms with Gasteiger partial charge in [0, 0.05) is 12.7 Å². The Morgan fingerprint density at radius 1 is 1.11 bits per heavy atom. The predicted octanol–water partition coefficient (Wildman–Crippen LogP) is 2.59. The minimum absolute atomic E-state index is 0.0250. The maximum Gasteiger partial charge on any atom is 0.224 e. The highest BCUT2D eigenvalue weighted by Crippen LogP contribution is 2.06. The van der Waals surface area contributed by atoms with E-state index in [2.05, 4.69) is 10.3 Å². The Balaban J connectivity index is 1.84. The van der Waals surface area contributed by atoms with Crippen molar-refractivity contribution in [2.75, 3.05) is 0 Å². The molecule has 1 aromatic heterocycles. The summed E-state index contributed by atoms with van der Waals surface area (Å²) >= 11 is 5.68. The number of pyridine rings is 1. The molecule has 0 radical (unpaired) electrons. The largest absolute Gasteiger partial charge is 0.352 e. The summed E-state index contributed by atoms with van der Waals surface area (Å²) in [6, 6.07) is 13.3. The van der Waals surface area contributed by atoms with Gasteiger partial charge in [0.15, 0.2) is 0 Å². The van der Waals surface area contributed by atoms with Gasteiger partial charge in [-0.2, -0.15) is 0 Å². The van der Waals surface area contributed by atoms with Crippen LogP contribution in [0, 0.1) is 0 Å². The van der Waals surface area contributed by atoms with Crippen LogP contribution in [0.2, 0.25) is 5.15 Å². The first-order chi connectivity index (χ1) is 8.74. The highest BCUT2D eigenvalue weighted by Gasteiger charge is 2.03. The summed E-state index contributed by atoms with van der Waals surface area (Å²) in [6.45, 7) is 0.542. The molecule has 1 heterocycles. The van der Waals surface area contributed by atoms with Crippen molar-refractivity contribution in [1.82, 2.24) is 10.3 Å². The highest BCUT2D eigenvalue weighted by molar-refractivity contribution is 6.29. The Bertz CT molecular complexity index is 511. The van der Waals surface area contributed by atoms with Gasteiger partial charge in [0.25, 0.3) is 0 Å². The quantitative estimate of drug-likeness (QED) is 0.859. The lowest BCUT2D eigenvalue weighted by molar-refractivity contribution is -0.120. The Kier molecular flexibility index (Phi) is 4.31. The fourth-order valence-corrected chi connectivity index (χ4v) is 1.67. The fraction of sp³-hybridized carbons (Fsp3) is 0.143. The van der Waals surface area contributed by atoms with Crippen LogP contribution in [-0.2, 0) is 17.8 Å². The summed E-state index contributed by atoms with van der Waals surface area (Å²) in [4.78, 5) is 15.6. The second-order valence-electron chi connectivity index (χ2n) is 3.93. The summed E-state index contributed by atoms with van der Waals surface area (Å²) < 4.78 is 0. The number of hydrogen-bond acceptors (Lipinski definition) is 2. The van der Waals surface area contributed by atoms with E-state index in [1.807, 2.05) is 30.3 Å². The highest BCUT2D eigenvalue weighted by atomic mass is 35.5. The lowest BCUT2D eigenvalue weighted by atomic mass is 10.2. The number of hydrogen-bond donors (Lipinski definition) is 1. The van der Waals surface area contributed by atoms with Gasteiger partial charge in [0.2, 0.25) is 5.91 Å². The first kappa shape index (κ1) is 12.6. The summed E-state index contributed by atoms with van der Waals surface area (Å²) in [5.41, 5.74) is 1.94. The van der Waals surface area contributed by atoms with Crippen molar-refractivity contribution in [3.8, 4) is 0 Å². The molecule has 18 heavy (non-hydrogen) atoms. The summed E-state index contributed by atoms with van der Waals surface area (Å²) in [7, 11) is 0. The third-order valence-electron chi connectivity index (χ3n) is 2.49. The number of nitrogens with one attached hydrogen (secondary N) is 1. The van der Waals surface area contributed by atoms with Crippen molar-refractivity contribution >= 4 is 17.5 Å². The minimum Gasteiger partial charge on any atom is -0.352 e. The fourth-order valence-electron chi connectivity index (χ4n) is 1.56. The lowest BCUT2D eigenvalue weighted by Gasteiger charge is -2.05. The standard InChI is InChI=1S/C14H13ClN2O/c15-13-7-6-12(10-16-13)8-14(18)17-9-11-4-2-1-3-5-11/h1-7,10H,8-9H2,(H,17,18). The van der Waals surface area contributed by atoms with E-state index in [0.717, 1.165) is 11.1 Å². The molecule has 2 rings (SSSR count). The summed E-state index contributed by atoms with van der Waals surface area (Å²) in [6.07, 6.45) is 1.93. The first-order valence-corrected chi connectivity index (χ1v) is 6.03. The predicted molar refractivity (Wildman–Crippen MR) is 71.2 cm³/mol. The SMILES string of the molecule is O=C(Cc1ccc(Cl)nc1)NCc1ccccc1. The molecular weight excluding hydrogens is 248 g/mol. The van der Waals surface area contributed by atoms with Gasteiger partial charge in [-0.3, -0.25) is 4.79 Å². The van der Waals surface area contributed by atoms with E-state index >= 15 is 0 Å². The molecule has 0 fully saturated rings. The van der Waals surface area contributed by atoms with Crippen LogP contribution in [0.4, 0.5) is 0 Å². The molecule has 0 saturated heterocycles. The molecular formula is C14H13ClN2O. The van der Waals surface area contributed by atoms with Crippen molar-refractivity contribution in [3.05, 3.63) is 64.9 Å². The second-order valence-corrected chi connectivity index (χ2v) is 4.32. The molecule has 1 N–H and O–H groups in total. The molecule has 1 aromatic carbocycles. The summed E-state index contributed by atoms with van der Waals surface area (Å²) in [5, 5.41) is 3.30. The van der Waals surface area contributed by atoms with E-state index < -0.39 is 0 Å². The molecule has 0 aliphatic carbocycles. The van der Waals surface area contributed by atoms with Crippen molar-refractivity contribution < 1.29 is 4.79 Å². The van der Waals surface area contributed by atoms with Crippen LogP contribution in [0.3, 0.4) is 0 Å². The molecule has 3 nitrogen and oxygen atoms in total. The number of halogens is 1. The van der Waals surface area contributed by atoms with Gasteiger partial charge in [-0.1, -0.05) is 48.0 Å². The molecule has 0 bridgehead atoms. The van der Waals surface area contributed by atoms with Crippen LogP contribution in [0.25, 0.3) is 0 Å². The van der Waals surface area contributed by atoms with Crippen LogP contribution in [0.1, 0.15) is 11.1 Å². The van der Waals surface area contributed by atoms with E-state index in [9.17, 15) is 4.79 Å². The Hall–Kier alpha value is -1.87. The number of amides is 1. The van der Waals surface area contributed by atoms with E-state index in [4.69, 9.17) is 11.6 Å². The molecule has 0 unspecified atom stereocenters. The zero-order valence-corrected chi connectivity index (χ0v) is 10.5. The van der Waals surface area contributed by atoms with Gasteiger partial charge in [-0.25, -0.2) is 4.98 Å². The normalized spacial score (nSPS) is 10.1. The van der Waals surface area contributed by atoms with E-state index in [1.54, 1.807) is 18.3 Å². The number of rotatable bonds is 4. The first-order valence-electron chi connectivity index (χ1n) is 5.65. The van der Waals surface area contributed by atoms with Crippen molar-refractivity contribution in [3.63, 3.8) is 0 Å². The number of benzene rings is 1. The number of carbonyl (C=O) groups excluding carboxylic acids is 1. The van der Waals surface area contributed by atoms with Crippen LogP contribution >= 0.6 is 11.6 Å². The van der Waals surface area contributed by atoms with Gasteiger partial charge >= 0.3 is 0 Å². The molecule has 92 valence electrons. The monoisotopic (exact) mass is 260 g/mol. The minimum atomic E-state index is -0.0250. The Morgan fingerprint density at radius 3 is 2.56 bits per heavy atom. The third kappa shape index (κ3) is 3.86. The molecule has 2 aromatic rings. The average molecular weight is 261 g/mol. The van der Waals surface area contributed by atoms with Gasteiger partial charge in [0.1, 0.15) is 5.15 Å². The topological polar surface area (TPSA) is 42.0 Å². The van der Waals surface area contributed by atoms with Crippen molar-refractivity contribution in [1.29, 1.82) is 0 Å². The Morgan fingerprint density at radius 2 is 1.89 bits per heavy atom. The second kappa shape index (κ2) is 6.17. The van der Waals surface area contributed by atoms with Crippen LogP contribution in [0.15, 0.2) is 48.7 Å². The van der Waals surface area contributed by atoms with Gasteiger partial charge in [0.05, 0.1) is 6.42 Å². The zero-order valence-electron chi connectivity index (χ0n) is 9.77. The van der Waals surface area contributed by atoms with Crippen LogP contribution in [0.5, 0.6) is 0 Å². The smallest absolute Gasteiger partial charge is 0.224 e. The van der Waals surface area contributed by atoms with Crippen LogP contribution < -0.4 is 5.32 Å². The lowest BCUT2D eigenvalue weighted by Crippen LogP contribution is -2.24. The summed E-state index contributed by atoms with van der Waals surface area (Å²) in [5.74, 6) is -0.0250. The van der Waals surface area contributed by atoms with E-state index in [-0.39, 0.29) is 5.91 Å². The molecule has 4 heteroatoms. The van der Waals surface area contributed by atoms with Crippen molar-refractivity contribution in [2.45, 2.75) is 13.0 Å². The zero-order chi connectivity index (χ0) is 12.8. The van der Waals surface area contributed by atoms with Gasteiger partial charge < -0.3 is 5.32 Å². The molecule has 0 saturated carbocycles. The van der Waals surface area contributed by atoms with Gasteiger partial charge in [-0.15, -0.1) is 0 Å². The van der Waals surface area contributed by atoms with E-state index in [1.165, 1.54) is 0 Å². The maximum absolute atomic E-state index is 11.7. The maximum atomic E-state index is 11.7.